The zero-order valence-corrected chi connectivity index (χ0v) is 15.1. The van der Waals surface area contributed by atoms with E-state index in [-0.39, 0.29) is 17.8 Å². The van der Waals surface area contributed by atoms with Crippen LogP contribution in [0.2, 0.25) is 0 Å². The number of carbonyl (C=O) groups is 2. The molecular formula is C15H22N2O6S. The van der Waals surface area contributed by atoms with Gasteiger partial charge < -0.3 is 15.2 Å². The molecule has 0 aromatic heterocycles. The largest absolute Gasteiger partial charge is 0.478 e. The summed E-state index contributed by atoms with van der Waals surface area (Å²) in [7, 11) is -2.32. The van der Waals surface area contributed by atoms with Crippen molar-refractivity contribution in [3.63, 3.8) is 0 Å². The minimum absolute atomic E-state index is 0.0472. The Kier molecular flexibility index (Phi) is 5.83. The number of ether oxygens (including phenoxy) is 1. The topological polar surface area (TPSA) is 113 Å². The molecule has 0 spiro atoms. The maximum Gasteiger partial charge on any atom is 0.407 e. The molecule has 0 heterocycles. The van der Waals surface area contributed by atoms with Crippen LogP contribution in [-0.4, -0.2) is 44.5 Å². The summed E-state index contributed by atoms with van der Waals surface area (Å²) in [4.78, 5) is 23.0. The third kappa shape index (κ3) is 5.73. The first kappa shape index (κ1) is 19.8. The van der Waals surface area contributed by atoms with E-state index in [1.165, 1.54) is 19.2 Å². The van der Waals surface area contributed by atoms with Crippen LogP contribution in [0.3, 0.4) is 0 Å². The Labute approximate surface area is 141 Å². The second-order valence-electron chi connectivity index (χ2n) is 6.24. The van der Waals surface area contributed by atoms with Gasteiger partial charge in [0, 0.05) is 13.6 Å². The van der Waals surface area contributed by atoms with Gasteiger partial charge in [0.2, 0.25) is 10.0 Å². The highest BCUT2D eigenvalue weighted by Crippen LogP contribution is 2.23. The Morgan fingerprint density at radius 3 is 2.33 bits per heavy atom. The summed E-state index contributed by atoms with van der Waals surface area (Å²) >= 11 is 0. The van der Waals surface area contributed by atoms with Gasteiger partial charge in [-0.05, 0) is 38.5 Å². The van der Waals surface area contributed by atoms with E-state index < -0.39 is 27.7 Å². The predicted octanol–water partition coefficient (Wildman–Crippen LogP) is 1.81. The lowest BCUT2D eigenvalue weighted by Gasteiger charge is -2.21. The van der Waals surface area contributed by atoms with Gasteiger partial charge in [-0.15, -0.1) is 0 Å². The highest BCUT2D eigenvalue weighted by molar-refractivity contribution is 7.92. The summed E-state index contributed by atoms with van der Waals surface area (Å²) in [6.45, 7) is 5.23. The maximum absolute atomic E-state index is 11.6. The summed E-state index contributed by atoms with van der Waals surface area (Å²) in [5.41, 5.74) is -0.264. The lowest BCUT2D eigenvalue weighted by Crippen LogP contribution is -2.32. The van der Waals surface area contributed by atoms with Crippen LogP contribution in [0.5, 0.6) is 0 Å². The number of alkyl carbamates (subject to hydrolysis) is 1. The van der Waals surface area contributed by atoms with Crippen LogP contribution in [0.1, 0.15) is 36.7 Å². The van der Waals surface area contributed by atoms with Crippen molar-refractivity contribution in [3.8, 4) is 0 Å². The summed E-state index contributed by atoms with van der Waals surface area (Å²) in [6.07, 6.45) is 0.355. The lowest BCUT2D eigenvalue weighted by atomic mass is 10.1. The number of anilines is 1. The molecule has 1 aromatic carbocycles. The molecule has 1 aromatic rings. The van der Waals surface area contributed by atoms with Gasteiger partial charge in [0.15, 0.2) is 0 Å². The Hall–Kier alpha value is -2.29. The second kappa shape index (κ2) is 7.08. The summed E-state index contributed by atoms with van der Waals surface area (Å²) in [5, 5.41) is 11.8. The average molecular weight is 358 g/mol. The molecule has 1 rings (SSSR count). The van der Waals surface area contributed by atoms with E-state index in [4.69, 9.17) is 4.74 Å². The molecule has 0 aliphatic rings. The van der Waals surface area contributed by atoms with Gasteiger partial charge in [-0.1, -0.05) is 6.07 Å². The van der Waals surface area contributed by atoms with Crippen LogP contribution < -0.4 is 9.62 Å². The number of hydrogen-bond acceptors (Lipinski definition) is 5. The normalized spacial score (nSPS) is 11.7. The molecule has 0 unspecified atom stereocenters. The number of aromatic carboxylic acids is 1. The maximum atomic E-state index is 11.6. The lowest BCUT2D eigenvalue weighted by molar-refractivity contribution is 0.0523. The Balaban J connectivity index is 2.99. The molecule has 1 amide bonds. The number of nitrogens with zero attached hydrogens (tertiary/aromatic N) is 1. The second-order valence-corrected chi connectivity index (χ2v) is 8.26. The highest BCUT2D eigenvalue weighted by Gasteiger charge is 2.20. The van der Waals surface area contributed by atoms with Gasteiger partial charge in [0.1, 0.15) is 5.60 Å². The number of benzene rings is 1. The van der Waals surface area contributed by atoms with Crippen molar-refractivity contribution in [1.82, 2.24) is 5.32 Å². The van der Waals surface area contributed by atoms with Gasteiger partial charge >= 0.3 is 12.1 Å². The van der Waals surface area contributed by atoms with E-state index in [9.17, 15) is 23.1 Å². The first-order chi connectivity index (χ1) is 10.8. The Morgan fingerprint density at radius 1 is 1.29 bits per heavy atom. The number of rotatable bonds is 5. The zero-order chi connectivity index (χ0) is 18.7. The van der Waals surface area contributed by atoms with Crippen molar-refractivity contribution in [2.75, 3.05) is 17.6 Å². The molecule has 2 N–H and O–H groups in total. The fraction of sp³-hybridized carbons (Fsp3) is 0.467. The number of sulfonamides is 1. The molecule has 0 radical (unpaired) electrons. The van der Waals surface area contributed by atoms with Gasteiger partial charge in [-0.2, -0.15) is 0 Å². The molecule has 9 heteroatoms. The van der Waals surface area contributed by atoms with Crippen molar-refractivity contribution in [2.45, 2.75) is 32.9 Å². The van der Waals surface area contributed by atoms with E-state index in [0.717, 1.165) is 10.6 Å². The molecule has 0 bridgehead atoms. The molecule has 24 heavy (non-hydrogen) atoms. The van der Waals surface area contributed by atoms with E-state index >= 15 is 0 Å². The van der Waals surface area contributed by atoms with Crippen LogP contribution in [0, 0.1) is 0 Å². The zero-order valence-electron chi connectivity index (χ0n) is 14.3. The minimum Gasteiger partial charge on any atom is -0.478 e. The fourth-order valence-corrected chi connectivity index (χ4v) is 2.32. The molecular weight excluding hydrogens is 336 g/mol. The Bertz CT molecular complexity index is 737. The van der Waals surface area contributed by atoms with Crippen molar-refractivity contribution >= 4 is 27.8 Å². The highest BCUT2D eigenvalue weighted by atomic mass is 32.2. The molecule has 0 aliphatic heterocycles. The first-order valence-electron chi connectivity index (χ1n) is 7.08. The van der Waals surface area contributed by atoms with Crippen molar-refractivity contribution in [3.05, 3.63) is 29.3 Å². The van der Waals surface area contributed by atoms with Crippen LogP contribution >= 0.6 is 0 Å². The number of carbonyl (C=O) groups excluding carboxylic acids is 1. The molecule has 0 fully saturated rings. The third-order valence-corrected chi connectivity index (χ3v) is 4.16. The third-order valence-electron chi connectivity index (χ3n) is 2.96. The van der Waals surface area contributed by atoms with E-state index in [2.05, 4.69) is 5.32 Å². The standard InChI is InChI=1S/C15H22N2O6S/c1-15(2,3)23-14(20)16-9-10-6-7-12(11(8-10)13(18)19)17(4)24(5,21)22/h6-8H,9H2,1-5H3,(H,16,20)(H,18,19). The van der Waals surface area contributed by atoms with E-state index in [1.807, 2.05) is 0 Å². The van der Waals surface area contributed by atoms with Crippen molar-refractivity contribution < 1.29 is 27.9 Å². The number of amides is 1. The number of hydrogen-bond donors (Lipinski definition) is 2. The van der Waals surface area contributed by atoms with Crippen LogP contribution in [0.15, 0.2) is 18.2 Å². The van der Waals surface area contributed by atoms with Gasteiger partial charge in [-0.25, -0.2) is 18.0 Å². The number of carboxylic acid groups (broad SMARTS) is 1. The average Bonchev–Trinajstić information content (AvgIpc) is 2.41. The van der Waals surface area contributed by atoms with Gasteiger partial charge in [0.25, 0.3) is 0 Å². The van der Waals surface area contributed by atoms with Gasteiger partial charge in [-0.3, -0.25) is 4.31 Å². The predicted molar refractivity (Wildman–Crippen MR) is 89.7 cm³/mol. The SMILES string of the molecule is CN(c1ccc(CNC(=O)OC(C)(C)C)cc1C(=O)O)S(C)(=O)=O. The van der Waals surface area contributed by atoms with Crippen molar-refractivity contribution in [2.24, 2.45) is 0 Å². The van der Waals surface area contributed by atoms with Crippen molar-refractivity contribution in [1.29, 1.82) is 0 Å². The van der Waals surface area contributed by atoms with Gasteiger partial charge in [0.05, 0.1) is 17.5 Å². The molecule has 8 nitrogen and oxygen atoms in total. The first-order valence-corrected chi connectivity index (χ1v) is 8.93. The number of nitrogens with one attached hydrogen (secondary N) is 1. The summed E-state index contributed by atoms with van der Waals surface area (Å²) in [5.74, 6) is -1.26. The monoisotopic (exact) mass is 358 g/mol. The summed E-state index contributed by atoms with van der Waals surface area (Å²) in [6, 6.07) is 4.24. The molecule has 0 saturated carbocycles. The summed E-state index contributed by atoms with van der Waals surface area (Å²) < 4.78 is 29.2. The van der Waals surface area contributed by atoms with Crippen LogP contribution in [-0.2, 0) is 21.3 Å². The molecule has 0 saturated heterocycles. The number of carboxylic acids is 1. The van der Waals surface area contributed by atoms with Crippen LogP contribution in [0.4, 0.5) is 10.5 Å². The molecule has 0 atom stereocenters. The smallest absolute Gasteiger partial charge is 0.407 e. The quantitative estimate of drug-likeness (QED) is 0.830. The molecule has 0 aliphatic carbocycles. The van der Waals surface area contributed by atoms with Crippen LogP contribution in [0.25, 0.3) is 0 Å². The fourth-order valence-electron chi connectivity index (χ4n) is 1.81. The van der Waals surface area contributed by atoms with E-state index in [0.29, 0.717) is 5.56 Å². The minimum atomic E-state index is -3.59. The Morgan fingerprint density at radius 2 is 1.88 bits per heavy atom. The van der Waals surface area contributed by atoms with E-state index in [1.54, 1.807) is 26.8 Å². The molecule has 134 valence electrons.